The minimum Gasteiger partial charge on any atom is -0.497 e. The van der Waals surface area contributed by atoms with E-state index < -0.39 is 0 Å². The van der Waals surface area contributed by atoms with Gasteiger partial charge in [0.25, 0.3) is 0 Å². The molecule has 3 nitrogen and oxygen atoms in total. The molecular weight excluding hydrogens is 271 g/mol. The van der Waals surface area contributed by atoms with Crippen LogP contribution in [0, 0.1) is 11.8 Å². The summed E-state index contributed by atoms with van der Waals surface area (Å²) < 4.78 is 5.10. The number of methoxy groups -OCH3 is 1. The number of benzene rings is 1. The van der Waals surface area contributed by atoms with Crippen molar-refractivity contribution < 1.29 is 4.74 Å². The third kappa shape index (κ3) is 7.41. The van der Waals surface area contributed by atoms with Gasteiger partial charge in [-0.15, -0.1) is 24.8 Å². The summed E-state index contributed by atoms with van der Waals surface area (Å²) in [5, 5.41) is 0. The van der Waals surface area contributed by atoms with Gasteiger partial charge in [-0.3, -0.25) is 4.90 Å². The van der Waals surface area contributed by atoms with E-state index in [1.165, 1.54) is 5.56 Å². The SMILES string of the molecule is COc1ccc(CN(C)CC#CCN)cc1.Cl.Cl. The summed E-state index contributed by atoms with van der Waals surface area (Å²) in [7, 11) is 3.71. The molecule has 0 aliphatic carbocycles. The number of nitrogens with two attached hydrogens (primary N) is 1. The molecule has 1 rings (SSSR count). The molecule has 0 bridgehead atoms. The second-order valence-corrected chi connectivity index (χ2v) is 3.58. The first-order chi connectivity index (χ1) is 7.76. The summed E-state index contributed by atoms with van der Waals surface area (Å²) >= 11 is 0. The van der Waals surface area contributed by atoms with E-state index in [9.17, 15) is 0 Å². The van der Waals surface area contributed by atoms with Crippen LogP contribution >= 0.6 is 24.8 Å². The smallest absolute Gasteiger partial charge is 0.118 e. The van der Waals surface area contributed by atoms with Crippen molar-refractivity contribution >= 4 is 24.8 Å². The molecule has 102 valence electrons. The molecule has 0 aromatic heterocycles. The van der Waals surface area contributed by atoms with E-state index in [4.69, 9.17) is 10.5 Å². The van der Waals surface area contributed by atoms with Gasteiger partial charge in [-0.1, -0.05) is 24.0 Å². The van der Waals surface area contributed by atoms with E-state index in [2.05, 4.69) is 28.9 Å². The maximum Gasteiger partial charge on any atom is 0.118 e. The minimum absolute atomic E-state index is 0. The Balaban J connectivity index is 0. The molecule has 0 aliphatic rings. The zero-order valence-corrected chi connectivity index (χ0v) is 12.3. The largest absolute Gasteiger partial charge is 0.497 e. The molecular formula is C13H20Cl2N2O. The molecule has 0 atom stereocenters. The Hall–Kier alpha value is -0.920. The number of rotatable bonds is 4. The molecule has 0 amide bonds. The predicted octanol–water partition coefficient (Wildman–Crippen LogP) is 1.93. The van der Waals surface area contributed by atoms with Crippen molar-refractivity contribution in [2.24, 2.45) is 5.73 Å². The monoisotopic (exact) mass is 290 g/mol. The standard InChI is InChI=1S/C13H18N2O.2ClH/c1-15(10-4-3-9-14)11-12-5-7-13(16-2)8-6-12;;/h5-8H,9-11,14H2,1-2H3;2*1H. The molecule has 5 heteroatoms. The van der Waals surface area contributed by atoms with Crippen molar-refractivity contribution in [1.29, 1.82) is 0 Å². The first kappa shape index (κ1) is 19.4. The second kappa shape index (κ2) is 11.2. The summed E-state index contributed by atoms with van der Waals surface area (Å²) in [5.74, 6) is 6.74. The summed E-state index contributed by atoms with van der Waals surface area (Å²) in [4.78, 5) is 2.14. The first-order valence-electron chi connectivity index (χ1n) is 5.23. The van der Waals surface area contributed by atoms with E-state index >= 15 is 0 Å². The maximum absolute atomic E-state index is 5.29. The molecule has 1 aromatic carbocycles. The molecule has 0 saturated carbocycles. The van der Waals surface area contributed by atoms with Crippen LogP contribution < -0.4 is 10.5 Å². The summed E-state index contributed by atoms with van der Waals surface area (Å²) in [6.45, 7) is 2.04. The van der Waals surface area contributed by atoms with Crippen LogP contribution in [0.15, 0.2) is 24.3 Å². The lowest BCUT2D eigenvalue weighted by atomic mass is 10.2. The van der Waals surface area contributed by atoms with Gasteiger partial charge in [-0.2, -0.15) is 0 Å². The van der Waals surface area contributed by atoms with Crippen molar-refractivity contribution in [3.05, 3.63) is 29.8 Å². The van der Waals surface area contributed by atoms with Crippen molar-refractivity contribution in [2.75, 3.05) is 27.2 Å². The van der Waals surface area contributed by atoms with Crippen molar-refractivity contribution in [1.82, 2.24) is 4.90 Å². The molecule has 0 saturated heterocycles. The van der Waals surface area contributed by atoms with E-state index in [0.717, 1.165) is 18.8 Å². The van der Waals surface area contributed by atoms with Gasteiger partial charge >= 0.3 is 0 Å². The van der Waals surface area contributed by atoms with Crippen LogP contribution in [0.25, 0.3) is 0 Å². The lowest BCUT2D eigenvalue weighted by Crippen LogP contribution is -2.18. The molecule has 0 heterocycles. The highest BCUT2D eigenvalue weighted by atomic mass is 35.5. The Labute approximate surface area is 122 Å². The summed E-state index contributed by atoms with van der Waals surface area (Å²) in [6, 6.07) is 8.06. The van der Waals surface area contributed by atoms with E-state index in [0.29, 0.717) is 6.54 Å². The highest BCUT2D eigenvalue weighted by Gasteiger charge is 1.98. The molecule has 0 aliphatic heterocycles. The Morgan fingerprint density at radius 1 is 1.17 bits per heavy atom. The van der Waals surface area contributed by atoms with Crippen LogP contribution in [0.1, 0.15) is 5.56 Å². The van der Waals surface area contributed by atoms with E-state index in [1.54, 1.807) is 7.11 Å². The average molecular weight is 291 g/mol. The number of ether oxygens (including phenoxy) is 1. The normalized spacial score (nSPS) is 8.67. The molecule has 0 radical (unpaired) electrons. The van der Waals surface area contributed by atoms with Crippen molar-refractivity contribution in [3.63, 3.8) is 0 Å². The number of hydrogen-bond acceptors (Lipinski definition) is 3. The van der Waals surface area contributed by atoms with Crippen molar-refractivity contribution in [3.8, 4) is 17.6 Å². The molecule has 0 fully saturated rings. The van der Waals surface area contributed by atoms with Gasteiger partial charge in [0.15, 0.2) is 0 Å². The Morgan fingerprint density at radius 3 is 2.28 bits per heavy atom. The lowest BCUT2D eigenvalue weighted by Gasteiger charge is -2.13. The van der Waals surface area contributed by atoms with Gasteiger partial charge in [0.05, 0.1) is 20.2 Å². The zero-order valence-electron chi connectivity index (χ0n) is 10.7. The van der Waals surface area contributed by atoms with Gasteiger partial charge in [-0.25, -0.2) is 0 Å². The third-order valence-electron chi connectivity index (χ3n) is 2.19. The van der Waals surface area contributed by atoms with E-state index in [1.807, 2.05) is 19.2 Å². The molecule has 18 heavy (non-hydrogen) atoms. The summed E-state index contributed by atoms with van der Waals surface area (Å²) in [5.41, 5.74) is 6.54. The first-order valence-corrected chi connectivity index (χ1v) is 5.23. The fourth-order valence-corrected chi connectivity index (χ4v) is 1.36. The van der Waals surface area contributed by atoms with Crippen LogP contribution in [0.5, 0.6) is 5.75 Å². The lowest BCUT2D eigenvalue weighted by molar-refractivity contribution is 0.368. The third-order valence-corrected chi connectivity index (χ3v) is 2.19. The van der Waals surface area contributed by atoms with Gasteiger partial charge in [0, 0.05) is 6.54 Å². The highest BCUT2D eigenvalue weighted by Crippen LogP contribution is 2.12. The van der Waals surface area contributed by atoms with E-state index in [-0.39, 0.29) is 24.8 Å². The second-order valence-electron chi connectivity index (χ2n) is 3.58. The van der Waals surface area contributed by atoms with Gasteiger partial charge in [0.2, 0.25) is 0 Å². The Kier molecular flexibility index (Phi) is 12.1. The fraction of sp³-hybridized carbons (Fsp3) is 0.385. The predicted molar refractivity (Wildman–Crippen MR) is 80.7 cm³/mol. The van der Waals surface area contributed by atoms with Gasteiger partial charge in [-0.05, 0) is 24.7 Å². The van der Waals surface area contributed by atoms with Crippen LogP contribution in [0.3, 0.4) is 0 Å². The minimum atomic E-state index is 0. The molecule has 2 N–H and O–H groups in total. The zero-order chi connectivity index (χ0) is 11.8. The Morgan fingerprint density at radius 2 is 1.78 bits per heavy atom. The quantitative estimate of drug-likeness (QED) is 0.862. The van der Waals surface area contributed by atoms with Crippen LogP contribution in [0.4, 0.5) is 0 Å². The summed E-state index contributed by atoms with van der Waals surface area (Å²) in [6.07, 6.45) is 0. The molecule has 0 spiro atoms. The highest BCUT2D eigenvalue weighted by molar-refractivity contribution is 5.85. The van der Waals surface area contributed by atoms with Crippen molar-refractivity contribution in [2.45, 2.75) is 6.54 Å². The van der Waals surface area contributed by atoms with Gasteiger partial charge in [0.1, 0.15) is 5.75 Å². The molecule has 0 unspecified atom stereocenters. The molecule has 1 aromatic rings. The number of hydrogen-bond donors (Lipinski definition) is 1. The topological polar surface area (TPSA) is 38.5 Å². The number of halogens is 2. The maximum atomic E-state index is 5.29. The Bertz CT molecular complexity index is 371. The van der Waals surface area contributed by atoms with Gasteiger partial charge < -0.3 is 10.5 Å². The number of nitrogens with zero attached hydrogens (tertiary/aromatic N) is 1. The van der Waals surface area contributed by atoms with Crippen LogP contribution in [-0.2, 0) is 6.54 Å². The van der Waals surface area contributed by atoms with Crippen LogP contribution in [-0.4, -0.2) is 32.1 Å². The average Bonchev–Trinajstić information content (AvgIpc) is 2.30. The fourth-order valence-electron chi connectivity index (χ4n) is 1.36. The van der Waals surface area contributed by atoms with Crippen LogP contribution in [0.2, 0.25) is 0 Å².